The van der Waals surface area contributed by atoms with Crippen LogP contribution in [0.2, 0.25) is 0 Å². The molecule has 1 heterocycles. The minimum atomic E-state index is -0.789. The molecule has 188 valence electrons. The van der Waals surface area contributed by atoms with Gasteiger partial charge in [0.1, 0.15) is 5.82 Å². The fourth-order valence-corrected chi connectivity index (χ4v) is 4.26. The van der Waals surface area contributed by atoms with Crippen molar-refractivity contribution in [3.63, 3.8) is 0 Å². The van der Waals surface area contributed by atoms with E-state index in [0.29, 0.717) is 25.4 Å². The molecule has 0 amide bonds. The van der Waals surface area contributed by atoms with Crippen LogP contribution in [-0.2, 0) is 13.0 Å². The maximum Gasteiger partial charge on any atom is 0.227 e. The molecule has 1 N–H and O–H groups in total. The number of aliphatic hydroxyl groups excluding tert-OH is 1. The molecule has 1 atom stereocenters. The lowest BCUT2D eigenvalue weighted by atomic mass is 10.1. The van der Waals surface area contributed by atoms with Crippen molar-refractivity contribution in [2.75, 3.05) is 13.1 Å². The number of nitrogens with zero attached hydrogens (tertiary/aromatic N) is 3. The summed E-state index contributed by atoms with van der Waals surface area (Å²) in [5, 5.41) is 15.5. The first kappa shape index (κ1) is 25.5. The van der Waals surface area contributed by atoms with E-state index in [9.17, 15) is 13.9 Å². The Bertz CT molecular complexity index is 1260. The van der Waals surface area contributed by atoms with Crippen molar-refractivity contribution in [3.8, 4) is 17.3 Å². The monoisotopic (exact) mass is 491 g/mol. The first-order valence-electron chi connectivity index (χ1n) is 12.2. The highest BCUT2D eigenvalue weighted by Gasteiger charge is 2.23. The molecule has 0 fully saturated rings. The molecule has 7 heteroatoms. The summed E-state index contributed by atoms with van der Waals surface area (Å²) in [6, 6.07) is 22.6. The van der Waals surface area contributed by atoms with Crippen LogP contribution in [0.25, 0.3) is 5.69 Å². The zero-order chi connectivity index (χ0) is 25.5. The van der Waals surface area contributed by atoms with Crippen molar-refractivity contribution in [3.05, 3.63) is 107 Å². The normalized spacial score (nSPS) is 12.2. The summed E-state index contributed by atoms with van der Waals surface area (Å²) < 4.78 is 35.7. The molecule has 1 aromatic heterocycles. The third-order valence-electron chi connectivity index (χ3n) is 5.94. The van der Waals surface area contributed by atoms with Gasteiger partial charge in [-0.25, -0.2) is 13.5 Å². The zero-order valence-corrected chi connectivity index (χ0v) is 20.6. The molecule has 4 aromatic rings. The molecule has 0 aliphatic heterocycles. The Hall–Kier alpha value is -3.55. The summed E-state index contributed by atoms with van der Waals surface area (Å²) in [6.45, 7) is 5.64. The van der Waals surface area contributed by atoms with Crippen LogP contribution < -0.4 is 4.74 Å². The minimum absolute atomic E-state index is 0.0825. The lowest BCUT2D eigenvalue weighted by Crippen LogP contribution is -2.34. The molecule has 0 radical (unpaired) electrons. The first-order valence-corrected chi connectivity index (χ1v) is 12.2. The van der Waals surface area contributed by atoms with E-state index >= 15 is 0 Å². The van der Waals surface area contributed by atoms with Crippen molar-refractivity contribution >= 4 is 0 Å². The van der Waals surface area contributed by atoms with Crippen molar-refractivity contribution in [2.45, 2.75) is 39.3 Å². The average Bonchev–Trinajstić information content (AvgIpc) is 3.17. The van der Waals surface area contributed by atoms with Gasteiger partial charge in [-0.1, -0.05) is 55.5 Å². The van der Waals surface area contributed by atoms with E-state index in [-0.39, 0.29) is 5.75 Å². The standard InChI is InChI=1S/C29H31F2N3O2/c1-3-16-33(19-25(35)17-22-10-6-4-7-11-22)20-26-21(2)32-34(24-12-8-5-9-13-24)29(26)36-28-15-14-23(30)18-27(28)31/h4-15,18,25,35H,3,16-17,19-20H2,1-2H3. The first-order chi connectivity index (χ1) is 17.4. The van der Waals surface area contributed by atoms with Crippen LogP contribution in [-0.4, -0.2) is 39.0 Å². The van der Waals surface area contributed by atoms with E-state index in [1.807, 2.05) is 67.6 Å². The van der Waals surface area contributed by atoms with Crippen LogP contribution in [0.3, 0.4) is 0 Å². The van der Waals surface area contributed by atoms with Gasteiger partial charge in [0.05, 0.1) is 23.0 Å². The highest BCUT2D eigenvalue weighted by molar-refractivity contribution is 5.43. The maximum atomic E-state index is 14.5. The van der Waals surface area contributed by atoms with Crippen molar-refractivity contribution in [1.82, 2.24) is 14.7 Å². The molecule has 0 aliphatic rings. The maximum absolute atomic E-state index is 14.5. The van der Waals surface area contributed by atoms with Gasteiger partial charge in [-0.2, -0.15) is 5.10 Å². The largest absolute Gasteiger partial charge is 0.435 e. The second-order valence-corrected chi connectivity index (χ2v) is 8.87. The average molecular weight is 492 g/mol. The van der Waals surface area contributed by atoms with Crippen molar-refractivity contribution < 1.29 is 18.6 Å². The predicted molar refractivity (Wildman–Crippen MR) is 136 cm³/mol. The summed E-state index contributed by atoms with van der Waals surface area (Å²) in [6.07, 6.45) is 0.891. The predicted octanol–water partition coefficient (Wildman–Crippen LogP) is 6.07. The number of hydrogen-bond donors (Lipinski definition) is 1. The van der Waals surface area contributed by atoms with Crippen LogP contribution in [0.5, 0.6) is 11.6 Å². The van der Waals surface area contributed by atoms with Crippen LogP contribution in [0.4, 0.5) is 8.78 Å². The number of aromatic nitrogens is 2. The summed E-state index contributed by atoms with van der Waals surface area (Å²) >= 11 is 0. The lowest BCUT2D eigenvalue weighted by Gasteiger charge is -2.25. The fourth-order valence-electron chi connectivity index (χ4n) is 4.26. The molecule has 0 saturated heterocycles. The molecule has 4 rings (SSSR count). The van der Waals surface area contributed by atoms with Crippen LogP contribution in [0.1, 0.15) is 30.2 Å². The van der Waals surface area contributed by atoms with E-state index in [1.54, 1.807) is 4.68 Å². The van der Waals surface area contributed by atoms with E-state index in [2.05, 4.69) is 11.8 Å². The molecular weight excluding hydrogens is 460 g/mol. The highest BCUT2D eigenvalue weighted by Crippen LogP contribution is 2.33. The molecule has 0 spiro atoms. The zero-order valence-electron chi connectivity index (χ0n) is 20.6. The van der Waals surface area contributed by atoms with Crippen LogP contribution in [0.15, 0.2) is 78.9 Å². The summed E-state index contributed by atoms with van der Waals surface area (Å²) in [4.78, 5) is 2.15. The summed E-state index contributed by atoms with van der Waals surface area (Å²) in [7, 11) is 0. The molecule has 36 heavy (non-hydrogen) atoms. The number of aryl methyl sites for hydroxylation is 1. The van der Waals surface area contributed by atoms with Gasteiger partial charge in [-0.3, -0.25) is 4.90 Å². The smallest absolute Gasteiger partial charge is 0.227 e. The molecule has 5 nitrogen and oxygen atoms in total. The van der Waals surface area contributed by atoms with Crippen LogP contribution >= 0.6 is 0 Å². The number of para-hydroxylation sites is 1. The number of hydrogen-bond acceptors (Lipinski definition) is 4. The van der Waals surface area contributed by atoms with E-state index < -0.39 is 17.7 Å². The van der Waals surface area contributed by atoms with Crippen molar-refractivity contribution in [2.24, 2.45) is 0 Å². The molecule has 3 aromatic carbocycles. The molecule has 1 unspecified atom stereocenters. The number of ether oxygens (including phenoxy) is 1. The molecule has 0 saturated carbocycles. The van der Waals surface area contributed by atoms with Gasteiger partial charge in [0.2, 0.25) is 5.88 Å². The Kier molecular flexibility index (Phi) is 8.46. The van der Waals surface area contributed by atoms with Gasteiger partial charge >= 0.3 is 0 Å². The van der Waals surface area contributed by atoms with Crippen molar-refractivity contribution in [1.29, 1.82) is 0 Å². The Morgan fingerprint density at radius 2 is 1.69 bits per heavy atom. The fraction of sp³-hybridized carbons (Fsp3) is 0.276. The molecular formula is C29H31F2N3O2. The Balaban J connectivity index is 1.64. The van der Waals surface area contributed by atoms with Gasteiger partial charge in [0, 0.05) is 19.2 Å². The highest BCUT2D eigenvalue weighted by atomic mass is 19.1. The van der Waals surface area contributed by atoms with E-state index in [0.717, 1.165) is 47.6 Å². The number of halogens is 2. The topological polar surface area (TPSA) is 50.5 Å². The van der Waals surface area contributed by atoms with E-state index in [4.69, 9.17) is 9.84 Å². The SMILES string of the molecule is CCCN(Cc1c(C)nn(-c2ccccc2)c1Oc1ccc(F)cc1F)CC(O)Cc1ccccc1. The molecule has 0 aliphatic carbocycles. The van der Waals surface area contributed by atoms with E-state index in [1.165, 1.54) is 6.07 Å². The second-order valence-electron chi connectivity index (χ2n) is 8.87. The van der Waals surface area contributed by atoms with Crippen LogP contribution in [0, 0.1) is 18.6 Å². The Morgan fingerprint density at radius 3 is 2.36 bits per heavy atom. The van der Waals surface area contributed by atoms with Gasteiger partial charge in [-0.05, 0) is 56.1 Å². The van der Waals surface area contributed by atoms with Gasteiger partial charge in [0.25, 0.3) is 0 Å². The summed E-state index contributed by atoms with van der Waals surface area (Å²) in [5.74, 6) is -1.18. The second kappa shape index (κ2) is 11.9. The number of rotatable bonds is 11. The lowest BCUT2D eigenvalue weighted by molar-refractivity contribution is 0.108. The quantitative estimate of drug-likeness (QED) is 0.277. The third-order valence-corrected chi connectivity index (χ3v) is 5.94. The van der Waals surface area contributed by atoms with Gasteiger partial charge in [-0.15, -0.1) is 0 Å². The summed E-state index contributed by atoms with van der Waals surface area (Å²) in [5.41, 5.74) is 3.35. The number of aliphatic hydroxyl groups is 1. The Labute approximate surface area is 210 Å². The van der Waals surface area contributed by atoms with Gasteiger partial charge in [0.15, 0.2) is 11.6 Å². The number of benzene rings is 3. The molecule has 0 bridgehead atoms. The third kappa shape index (κ3) is 6.36. The Morgan fingerprint density at radius 1 is 1.00 bits per heavy atom. The minimum Gasteiger partial charge on any atom is -0.435 e. The van der Waals surface area contributed by atoms with Gasteiger partial charge < -0.3 is 9.84 Å².